The Labute approximate surface area is 121 Å². The van der Waals surface area contributed by atoms with Crippen molar-refractivity contribution >= 4 is 11.6 Å². The molecule has 1 aliphatic heterocycles. The zero-order valence-corrected chi connectivity index (χ0v) is 12.6. The standard InChI is InChI=1S/C15H24N4O/c1-4-12-11-18(3)8-5-9-19(12)15(20)13-10-17-7-6-14(13)16-2/h6-7,10,12H,4-5,8-9,11H2,1-3H3,(H,16,17). The van der Waals surface area contributed by atoms with Crippen molar-refractivity contribution in [2.24, 2.45) is 0 Å². The maximum Gasteiger partial charge on any atom is 0.257 e. The molecule has 110 valence electrons. The Morgan fingerprint density at radius 3 is 3.00 bits per heavy atom. The van der Waals surface area contributed by atoms with Gasteiger partial charge in [0.25, 0.3) is 5.91 Å². The molecule has 0 spiro atoms. The highest BCUT2D eigenvalue weighted by Gasteiger charge is 2.28. The van der Waals surface area contributed by atoms with E-state index in [1.807, 2.05) is 18.0 Å². The van der Waals surface area contributed by atoms with Gasteiger partial charge in [-0.15, -0.1) is 0 Å². The summed E-state index contributed by atoms with van der Waals surface area (Å²) in [5, 5.41) is 3.07. The maximum absolute atomic E-state index is 12.8. The summed E-state index contributed by atoms with van der Waals surface area (Å²) in [6.45, 7) is 4.95. The van der Waals surface area contributed by atoms with E-state index in [2.05, 4.69) is 29.2 Å². The molecule has 1 saturated heterocycles. The molecule has 1 fully saturated rings. The highest BCUT2D eigenvalue weighted by Crippen LogP contribution is 2.20. The number of amides is 1. The number of aromatic nitrogens is 1. The van der Waals surface area contributed by atoms with Crippen molar-refractivity contribution < 1.29 is 4.79 Å². The average Bonchev–Trinajstić information content (AvgIpc) is 2.67. The van der Waals surface area contributed by atoms with E-state index in [0.29, 0.717) is 5.56 Å². The SMILES string of the molecule is CCC1CN(C)CCCN1C(=O)c1cnccc1NC. The number of likely N-dealkylation sites (N-methyl/N-ethyl adjacent to an activating group) is 1. The second kappa shape index (κ2) is 6.70. The zero-order chi connectivity index (χ0) is 14.5. The van der Waals surface area contributed by atoms with Crippen molar-refractivity contribution in [1.82, 2.24) is 14.8 Å². The molecule has 1 amide bonds. The van der Waals surface area contributed by atoms with Crippen molar-refractivity contribution in [2.45, 2.75) is 25.8 Å². The maximum atomic E-state index is 12.8. The molecule has 0 saturated carbocycles. The molecular weight excluding hydrogens is 252 g/mol. The molecule has 0 radical (unpaired) electrons. The quantitative estimate of drug-likeness (QED) is 0.912. The van der Waals surface area contributed by atoms with E-state index in [0.717, 1.165) is 38.2 Å². The second-order valence-corrected chi connectivity index (χ2v) is 5.35. The van der Waals surface area contributed by atoms with Crippen molar-refractivity contribution in [2.75, 3.05) is 39.0 Å². The summed E-state index contributed by atoms with van der Waals surface area (Å²) in [6.07, 6.45) is 5.37. The number of anilines is 1. The lowest BCUT2D eigenvalue weighted by atomic mass is 10.1. The Morgan fingerprint density at radius 1 is 1.50 bits per heavy atom. The van der Waals surface area contributed by atoms with E-state index in [4.69, 9.17) is 0 Å². The van der Waals surface area contributed by atoms with Crippen molar-refractivity contribution in [3.8, 4) is 0 Å². The summed E-state index contributed by atoms with van der Waals surface area (Å²) >= 11 is 0. The Morgan fingerprint density at radius 2 is 2.30 bits per heavy atom. The van der Waals surface area contributed by atoms with Crippen LogP contribution < -0.4 is 5.32 Å². The van der Waals surface area contributed by atoms with Crippen LogP contribution in [0.5, 0.6) is 0 Å². The monoisotopic (exact) mass is 276 g/mol. The number of nitrogens with zero attached hydrogens (tertiary/aromatic N) is 3. The fourth-order valence-corrected chi connectivity index (χ4v) is 2.80. The highest BCUT2D eigenvalue weighted by atomic mass is 16.2. The van der Waals surface area contributed by atoms with Gasteiger partial charge in [-0.2, -0.15) is 0 Å². The molecule has 1 aromatic rings. The summed E-state index contributed by atoms with van der Waals surface area (Å²) in [7, 11) is 3.96. The highest BCUT2D eigenvalue weighted by molar-refractivity contribution is 5.99. The van der Waals surface area contributed by atoms with Crippen molar-refractivity contribution in [1.29, 1.82) is 0 Å². The van der Waals surface area contributed by atoms with E-state index in [-0.39, 0.29) is 11.9 Å². The molecule has 0 aliphatic carbocycles. The third-order valence-corrected chi connectivity index (χ3v) is 3.95. The molecule has 1 unspecified atom stereocenters. The van der Waals surface area contributed by atoms with Gasteiger partial charge in [-0.3, -0.25) is 9.78 Å². The molecule has 20 heavy (non-hydrogen) atoms. The predicted molar refractivity (Wildman–Crippen MR) is 81.0 cm³/mol. The number of hydrogen-bond acceptors (Lipinski definition) is 4. The minimum Gasteiger partial charge on any atom is -0.387 e. The molecule has 0 aromatic carbocycles. The third-order valence-electron chi connectivity index (χ3n) is 3.95. The first-order chi connectivity index (χ1) is 9.67. The first-order valence-corrected chi connectivity index (χ1v) is 7.28. The van der Waals surface area contributed by atoms with Gasteiger partial charge in [-0.1, -0.05) is 6.92 Å². The largest absolute Gasteiger partial charge is 0.387 e. The van der Waals surface area contributed by atoms with Crippen LogP contribution in [0.3, 0.4) is 0 Å². The number of nitrogens with one attached hydrogen (secondary N) is 1. The van der Waals surface area contributed by atoms with E-state index < -0.39 is 0 Å². The zero-order valence-electron chi connectivity index (χ0n) is 12.6. The second-order valence-electron chi connectivity index (χ2n) is 5.35. The molecule has 0 bridgehead atoms. The van der Waals surface area contributed by atoms with Crippen LogP contribution >= 0.6 is 0 Å². The predicted octanol–water partition coefficient (Wildman–Crippen LogP) is 1.68. The van der Waals surface area contributed by atoms with E-state index in [1.165, 1.54) is 0 Å². The van der Waals surface area contributed by atoms with Crippen LogP contribution in [0.1, 0.15) is 30.1 Å². The van der Waals surface area contributed by atoms with Crippen molar-refractivity contribution in [3.63, 3.8) is 0 Å². The van der Waals surface area contributed by atoms with Crippen molar-refractivity contribution in [3.05, 3.63) is 24.0 Å². The van der Waals surface area contributed by atoms with Gasteiger partial charge in [-0.25, -0.2) is 0 Å². The van der Waals surface area contributed by atoms with Gasteiger partial charge in [0, 0.05) is 44.3 Å². The lowest BCUT2D eigenvalue weighted by molar-refractivity contribution is 0.0676. The molecule has 1 N–H and O–H groups in total. The summed E-state index contributed by atoms with van der Waals surface area (Å²) in [4.78, 5) is 21.3. The Balaban J connectivity index is 2.25. The van der Waals surface area contributed by atoms with Crippen LogP contribution in [0.4, 0.5) is 5.69 Å². The van der Waals surface area contributed by atoms with Crippen LogP contribution in [-0.2, 0) is 0 Å². The molecule has 2 rings (SSSR count). The number of carbonyl (C=O) groups is 1. The Kier molecular flexibility index (Phi) is 4.95. The Bertz CT molecular complexity index is 463. The molecule has 1 aromatic heterocycles. The van der Waals surface area contributed by atoms with Crippen LogP contribution in [0.25, 0.3) is 0 Å². The van der Waals surface area contributed by atoms with Crippen LogP contribution in [0.15, 0.2) is 18.5 Å². The summed E-state index contributed by atoms with van der Waals surface area (Å²) in [5.74, 6) is 0.0876. The lowest BCUT2D eigenvalue weighted by Gasteiger charge is -2.30. The first kappa shape index (κ1) is 14.8. The fourth-order valence-electron chi connectivity index (χ4n) is 2.80. The average molecular weight is 276 g/mol. The molecule has 5 nitrogen and oxygen atoms in total. The number of pyridine rings is 1. The molecule has 2 heterocycles. The summed E-state index contributed by atoms with van der Waals surface area (Å²) < 4.78 is 0. The summed E-state index contributed by atoms with van der Waals surface area (Å²) in [5.41, 5.74) is 1.51. The topological polar surface area (TPSA) is 48.5 Å². The van der Waals surface area contributed by atoms with Gasteiger partial charge >= 0.3 is 0 Å². The van der Waals surface area contributed by atoms with Gasteiger partial charge < -0.3 is 15.1 Å². The lowest BCUT2D eigenvalue weighted by Crippen LogP contribution is -2.43. The van der Waals surface area contributed by atoms with Gasteiger partial charge in [0.05, 0.1) is 5.56 Å². The minimum absolute atomic E-state index is 0.0876. The first-order valence-electron chi connectivity index (χ1n) is 7.28. The van der Waals surface area contributed by atoms with Crippen LogP contribution in [0, 0.1) is 0 Å². The van der Waals surface area contributed by atoms with E-state index in [1.54, 1.807) is 12.4 Å². The van der Waals surface area contributed by atoms with Crippen LogP contribution in [0.2, 0.25) is 0 Å². The normalized spacial score (nSPS) is 20.6. The van der Waals surface area contributed by atoms with Gasteiger partial charge in [-0.05, 0) is 32.5 Å². The van der Waals surface area contributed by atoms with E-state index >= 15 is 0 Å². The number of hydrogen-bond donors (Lipinski definition) is 1. The number of rotatable bonds is 3. The van der Waals surface area contributed by atoms with Crippen LogP contribution in [-0.4, -0.2) is 60.5 Å². The fraction of sp³-hybridized carbons (Fsp3) is 0.600. The molecule has 1 aliphatic rings. The van der Waals surface area contributed by atoms with E-state index in [9.17, 15) is 4.79 Å². The third kappa shape index (κ3) is 3.10. The number of carbonyl (C=O) groups excluding carboxylic acids is 1. The Hall–Kier alpha value is -1.62. The van der Waals surface area contributed by atoms with Gasteiger partial charge in [0.1, 0.15) is 0 Å². The van der Waals surface area contributed by atoms with Gasteiger partial charge in [0.15, 0.2) is 0 Å². The molecular formula is C15H24N4O. The van der Waals surface area contributed by atoms with Gasteiger partial charge in [0.2, 0.25) is 0 Å². The summed E-state index contributed by atoms with van der Waals surface area (Å²) in [6, 6.07) is 2.12. The molecule has 1 atom stereocenters. The smallest absolute Gasteiger partial charge is 0.257 e. The molecule has 5 heteroatoms. The minimum atomic E-state index is 0.0876.